The number of hydrogen-bond donors (Lipinski definition) is 3. The fourth-order valence-electron chi connectivity index (χ4n) is 6.18. The number of amides is 2. The minimum atomic E-state index is -0.248. The Morgan fingerprint density at radius 3 is 2.70 bits per heavy atom. The molecule has 3 atom stereocenters. The lowest BCUT2D eigenvalue weighted by molar-refractivity contribution is 0.174. The number of ether oxygens (including phenoxy) is 1. The van der Waals surface area contributed by atoms with E-state index in [1.807, 2.05) is 48.5 Å². The molecule has 7 heteroatoms. The Balaban J connectivity index is 1.12. The highest BCUT2D eigenvalue weighted by molar-refractivity contribution is 6.04. The van der Waals surface area contributed by atoms with E-state index in [2.05, 4.69) is 20.5 Å². The van der Waals surface area contributed by atoms with E-state index >= 15 is 0 Å². The number of nitrogens with zero attached hydrogens (tertiary/aromatic N) is 2. The summed E-state index contributed by atoms with van der Waals surface area (Å²) in [7, 11) is 0. The van der Waals surface area contributed by atoms with Crippen LogP contribution < -0.4 is 15.4 Å². The molecular weight excluding hydrogens is 464 g/mol. The summed E-state index contributed by atoms with van der Waals surface area (Å²) in [5, 5.41) is 18.0. The van der Waals surface area contributed by atoms with E-state index in [4.69, 9.17) is 4.74 Å². The van der Waals surface area contributed by atoms with Gasteiger partial charge in [-0.15, -0.1) is 0 Å². The Hall–Kier alpha value is -3.16. The number of rotatable bonds is 7. The van der Waals surface area contributed by atoms with Gasteiger partial charge in [0.15, 0.2) is 0 Å². The van der Waals surface area contributed by atoms with Crippen LogP contribution in [0, 0.1) is 11.8 Å². The number of nitrogens with one attached hydrogen (secondary N) is 2. The van der Waals surface area contributed by atoms with E-state index in [0.717, 1.165) is 59.0 Å². The van der Waals surface area contributed by atoms with Crippen LogP contribution in [0.15, 0.2) is 54.7 Å². The fourth-order valence-corrected chi connectivity index (χ4v) is 6.18. The van der Waals surface area contributed by atoms with Crippen molar-refractivity contribution >= 4 is 22.5 Å². The third kappa shape index (κ3) is 5.73. The number of carbonyl (C=O) groups is 1. The summed E-state index contributed by atoms with van der Waals surface area (Å²) >= 11 is 0. The van der Waals surface area contributed by atoms with E-state index in [9.17, 15) is 9.90 Å². The van der Waals surface area contributed by atoms with E-state index in [1.54, 1.807) is 6.20 Å². The van der Waals surface area contributed by atoms with Crippen molar-refractivity contribution in [2.45, 2.75) is 63.6 Å². The van der Waals surface area contributed by atoms with Gasteiger partial charge in [-0.2, -0.15) is 0 Å². The van der Waals surface area contributed by atoms with Crippen LogP contribution in [-0.4, -0.2) is 46.3 Å². The van der Waals surface area contributed by atoms with Gasteiger partial charge >= 0.3 is 6.03 Å². The van der Waals surface area contributed by atoms with Crippen molar-refractivity contribution in [2.75, 3.05) is 18.4 Å². The van der Waals surface area contributed by atoms with Crippen LogP contribution in [-0.2, 0) is 6.54 Å². The Morgan fingerprint density at radius 2 is 1.89 bits per heavy atom. The number of likely N-dealkylation sites (tertiary alicyclic amines) is 1. The monoisotopic (exact) mass is 500 g/mol. The van der Waals surface area contributed by atoms with E-state index in [0.29, 0.717) is 25.0 Å². The number of pyridine rings is 1. The van der Waals surface area contributed by atoms with E-state index in [1.165, 1.54) is 32.1 Å². The minimum Gasteiger partial charge on any atom is -0.457 e. The summed E-state index contributed by atoms with van der Waals surface area (Å²) in [5.74, 6) is 2.89. The average Bonchev–Trinajstić information content (AvgIpc) is 3.56. The molecule has 0 spiro atoms. The fraction of sp³-hybridized carbons (Fsp3) is 0.467. The van der Waals surface area contributed by atoms with E-state index in [-0.39, 0.29) is 12.1 Å². The Bertz CT molecular complexity index is 1260. The molecule has 3 aliphatic rings. The van der Waals surface area contributed by atoms with Crippen LogP contribution in [0.5, 0.6) is 11.5 Å². The molecule has 1 aliphatic heterocycles. The number of benzene rings is 2. The molecule has 3 N–H and O–H groups in total. The Morgan fingerprint density at radius 1 is 1.05 bits per heavy atom. The number of hydrogen-bond acceptors (Lipinski definition) is 5. The highest BCUT2D eigenvalue weighted by Gasteiger charge is 2.43. The average molecular weight is 501 g/mol. The van der Waals surface area contributed by atoms with Gasteiger partial charge in [0, 0.05) is 48.7 Å². The molecule has 2 amide bonds. The predicted octanol–water partition coefficient (Wildman–Crippen LogP) is 5.68. The second-order valence-corrected chi connectivity index (χ2v) is 10.9. The van der Waals surface area contributed by atoms with Crippen LogP contribution in [0.1, 0.15) is 50.6 Å². The molecule has 2 aliphatic carbocycles. The van der Waals surface area contributed by atoms with E-state index < -0.39 is 0 Å². The van der Waals surface area contributed by atoms with Crippen LogP contribution in [0.3, 0.4) is 0 Å². The Kier molecular flexibility index (Phi) is 6.98. The largest absolute Gasteiger partial charge is 0.457 e. The molecule has 0 radical (unpaired) electrons. The van der Waals surface area contributed by atoms with Crippen molar-refractivity contribution in [3.8, 4) is 11.5 Å². The molecule has 2 saturated carbocycles. The van der Waals surface area contributed by atoms with Gasteiger partial charge < -0.3 is 20.5 Å². The topological polar surface area (TPSA) is 86.7 Å². The smallest absolute Gasteiger partial charge is 0.319 e. The number of aliphatic hydroxyl groups is 1. The first-order chi connectivity index (χ1) is 18.1. The highest BCUT2D eigenvalue weighted by Crippen LogP contribution is 2.44. The van der Waals surface area contributed by atoms with Crippen molar-refractivity contribution < 1.29 is 14.6 Å². The molecule has 2 heterocycles. The standard InChI is InChI=1S/C30H36N4O3/c35-22-13-15-34(19-22)18-21-16-23(12-14-31-21)37-29-11-10-27(24-8-4-5-9-25(24)29)32-30(36)33-28-17-26(28)20-6-2-1-3-7-20/h4-5,8-12,14,16,20,22,26,28,35H,1-3,6-7,13,15,17-19H2,(H2,32,33,36). The lowest BCUT2D eigenvalue weighted by Gasteiger charge is -2.21. The molecule has 7 nitrogen and oxygen atoms in total. The van der Waals surface area contributed by atoms with Gasteiger partial charge in [-0.05, 0) is 42.9 Å². The summed E-state index contributed by atoms with van der Waals surface area (Å²) in [6, 6.07) is 15.8. The van der Waals surface area contributed by atoms with Crippen molar-refractivity contribution in [3.05, 3.63) is 60.4 Å². The molecular formula is C30H36N4O3. The van der Waals surface area contributed by atoms with Crippen LogP contribution in [0.2, 0.25) is 0 Å². The molecule has 3 fully saturated rings. The normalized spacial score (nSPS) is 24.2. The summed E-state index contributed by atoms with van der Waals surface area (Å²) in [6.07, 6.45) is 10.1. The quantitative estimate of drug-likeness (QED) is 0.388. The third-order valence-electron chi connectivity index (χ3n) is 8.19. The zero-order valence-electron chi connectivity index (χ0n) is 21.2. The second kappa shape index (κ2) is 10.7. The Labute approximate surface area is 218 Å². The number of urea groups is 1. The van der Waals surface area contributed by atoms with Gasteiger partial charge in [-0.3, -0.25) is 9.88 Å². The highest BCUT2D eigenvalue weighted by atomic mass is 16.5. The minimum absolute atomic E-state index is 0.132. The third-order valence-corrected chi connectivity index (χ3v) is 8.19. The molecule has 1 saturated heterocycles. The maximum Gasteiger partial charge on any atom is 0.319 e. The SMILES string of the molecule is O=C(Nc1ccc(Oc2ccnc(CN3CCC(O)C3)c2)c2ccccc12)NC1CC1C1CCCCC1. The lowest BCUT2D eigenvalue weighted by atomic mass is 9.85. The number of aromatic nitrogens is 1. The second-order valence-electron chi connectivity index (χ2n) is 10.9. The number of fused-ring (bicyclic) bond motifs is 1. The summed E-state index contributed by atoms with van der Waals surface area (Å²) < 4.78 is 6.30. The van der Waals surface area contributed by atoms with Gasteiger partial charge in [0.1, 0.15) is 11.5 Å². The maximum absolute atomic E-state index is 12.8. The number of carbonyl (C=O) groups excluding carboxylic acids is 1. The zero-order valence-corrected chi connectivity index (χ0v) is 21.2. The van der Waals surface area contributed by atoms with Crippen molar-refractivity contribution in [1.29, 1.82) is 0 Å². The molecule has 37 heavy (non-hydrogen) atoms. The molecule has 1 aromatic heterocycles. The van der Waals surface area contributed by atoms with Crippen molar-refractivity contribution in [2.24, 2.45) is 11.8 Å². The number of β-amino-alcohol motifs (C(OH)–C–C–N with tert-alkyl or cyclic N) is 1. The van der Waals surface area contributed by atoms with Crippen LogP contribution >= 0.6 is 0 Å². The van der Waals surface area contributed by atoms with Gasteiger partial charge in [-0.25, -0.2) is 4.79 Å². The predicted molar refractivity (Wildman–Crippen MR) is 145 cm³/mol. The van der Waals surface area contributed by atoms with Gasteiger partial charge in [0.25, 0.3) is 0 Å². The first-order valence-corrected chi connectivity index (χ1v) is 13.7. The molecule has 194 valence electrons. The summed E-state index contributed by atoms with van der Waals surface area (Å²) in [4.78, 5) is 19.5. The molecule has 3 aromatic rings. The first-order valence-electron chi connectivity index (χ1n) is 13.7. The first kappa shape index (κ1) is 24.2. The van der Waals surface area contributed by atoms with Crippen molar-refractivity contribution in [3.63, 3.8) is 0 Å². The van der Waals surface area contributed by atoms with Crippen molar-refractivity contribution in [1.82, 2.24) is 15.2 Å². The van der Waals surface area contributed by atoms with Crippen LogP contribution in [0.25, 0.3) is 10.8 Å². The van der Waals surface area contributed by atoms with Gasteiger partial charge in [-0.1, -0.05) is 56.4 Å². The van der Waals surface area contributed by atoms with Gasteiger partial charge in [0.2, 0.25) is 0 Å². The van der Waals surface area contributed by atoms with Crippen LogP contribution in [0.4, 0.5) is 10.5 Å². The molecule has 3 unspecified atom stereocenters. The molecule has 2 aromatic carbocycles. The molecule has 0 bridgehead atoms. The summed E-state index contributed by atoms with van der Waals surface area (Å²) in [5.41, 5.74) is 1.69. The maximum atomic E-state index is 12.8. The number of anilines is 1. The zero-order chi connectivity index (χ0) is 25.2. The summed E-state index contributed by atoms with van der Waals surface area (Å²) in [6.45, 7) is 2.25. The lowest BCUT2D eigenvalue weighted by Crippen LogP contribution is -2.32. The van der Waals surface area contributed by atoms with Gasteiger partial charge in [0.05, 0.1) is 17.5 Å². The number of aliphatic hydroxyl groups excluding tert-OH is 1. The molecule has 6 rings (SSSR count).